The molecular weight excluding hydrogens is 370 g/mol. The van der Waals surface area contributed by atoms with Gasteiger partial charge in [-0.15, -0.1) is 0 Å². The van der Waals surface area contributed by atoms with E-state index in [-0.39, 0.29) is 24.4 Å². The quantitative estimate of drug-likeness (QED) is 0.719. The molecule has 0 aliphatic carbocycles. The Labute approximate surface area is 173 Å². The summed E-state index contributed by atoms with van der Waals surface area (Å²) >= 11 is 0. The molecule has 2 aliphatic rings. The molecule has 2 atom stereocenters. The van der Waals surface area contributed by atoms with Crippen LogP contribution in [0.25, 0.3) is 0 Å². The van der Waals surface area contributed by atoms with E-state index in [9.17, 15) is 9.59 Å². The second-order valence-electron chi connectivity index (χ2n) is 7.75. The maximum Gasteiger partial charge on any atom is 0.268 e. The average molecular weight is 404 g/mol. The van der Waals surface area contributed by atoms with Gasteiger partial charge in [-0.25, -0.2) is 0 Å². The number of fused-ring (bicyclic) bond motifs is 1. The Bertz CT molecular complexity index is 701. The number of anilines is 1. The summed E-state index contributed by atoms with van der Waals surface area (Å²) in [4.78, 5) is 29.3. The van der Waals surface area contributed by atoms with Gasteiger partial charge in [0.25, 0.3) is 5.91 Å². The standard InChI is InChI=1S/C22H33N3O4/c1-4-17(5-2)19(24-10-12-28-13-11-24)14-23-21(26)15-25-18-8-6-7-9-20(18)29-16(3)22(25)27/h6-9,16-17,19H,4-5,10-15H2,1-3H3,(H,23,26). The average Bonchev–Trinajstić information content (AvgIpc) is 2.75. The number of rotatable bonds is 8. The van der Waals surface area contributed by atoms with Crippen molar-refractivity contribution in [3.05, 3.63) is 24.3 Å². The molecule has 2 heterocycles. The maximum atomic E-state index is 12.8. The first-order valence-electron chi connectivity index (χ1n) is 10.7. The molecule has 0 bridgehead atoms. The van der Waals surface area contributed by atoms with Crippen molar-refractivity contribution in [2.45, 2.75) is 45.8 Å². The van der Waals surface area contributed by atoms with E-state index in [1.165, 1.54) is 4.90 Å². The van der Waals surface area contributed by atoms with Crippen molar-refractivity contribution < 1.29 is 19.1 Å². The van der Waals surface area contributed by atoms with E-state index in [2.05, 4.69) is 24.1 Å². The van der Waals surface area contributed by atoms with E-state index in [4.69, 9.17) is 9.47 Å². The molecule has 29 heavy (non-hydrogen) atoms. The molecular formula is C22H33N3O4. The lowest BCUT2D eigenvalue weighted by Crippen LogP contribution is -2.54. The Morgan fingerprint density at radius 1 is 1.21 bits per heavy atom. The first-order valence-corrected chi connectivity index (χ1v) is 10.7. The summed E-state index contributed by atoms with van der Waals surface area (Å²) in [7, 11) is 0. The zero-order valence-corrected chi connectivity index (χ0v) is 17.7. The van der Waals surface area contributed by atoms with Crippen LogP contribution in [0.5, 0.6) is 5.75 Å². The highest BCUT2D eigenvalue weighted by atomic mass is 16.5. The van der Waals surface area contributed by atoms with Crippen LogP contribution in [0.15, 0.2) is 24.3 Å². The number of para-hydroxylation sites is 2. The van der Waals surface area contributed by atoms with Gasteiger partial charge in [-0.1, -0.05) is 38.8 Å². The predicted molar refractivity (Wildman–Crippen MR) is 112 cm³/mol. The minimum Gasteiger partial charge on any atom is -0.479 e. The maximum absolute atomic E-state index is 12.8. The number of carbonyl (C=O) groups is 2. The van der Waals surface area contributed by atoms with E-state index in [1.54, 1.807) is 6.92 Å². The van der Waals surface area contributed by atoms with Crippen LogP contribution >= 0.6 is 0 Å². The molecule has 0 saturated carbocycles. The fraction of sp³-hybridized carbons (Fsp3) is 0.636. The van der Waals surface area contributed by atoms with E-state index in [1.807, 2.05) is 24.3 Å². The number of amides is 2. The Morgan fingerprint density at radius 3 is 2.59 bits per heavy atom. The fourth-order valence-corrected chi connectivity index (χ4v) is 4.28. The summed E-state index contributed by atoms with van der Waals surface area (Å²) in [6.07, 6.45) is 1.55. The van der Waals surface area contributed by atoms with E-state index in [0.717, 1.165) is 39.1 Å². The molecule has 0 spiro atoms. The van der Waals surface area contributed by atoms with E-state index < -0.39 is 6.10 Å². The Morgan fingerprint density at radius 2 is 1.90 bits per heavy atom. The van der Waals surface area contributed by atoms with Crippen LogP contribution in [0.4, 0.5) is 5.69 Å². The molecule has 1 aromatic rings. The Kier molecular flexibility index (Phi) is 7.50. The van der Waals surface area contributed by atoms with Crippen LogP contribution in [0.1, 0.15) is 33.6 Å². The van der Waals surface area contributed by atoms with Gasteiger partial charge in [0, 0.05) is 25.7 Å². The second-order valence-corrected chi connectivity index (χ2v) is 7.75. The van der Waals surface area contributed by atoms with Crippen LogP contribution in [0.3, 0.4) is 0 Å². The summed E-state index contributed by atoms with van der Waals surface area (Å²) in [6.45, 7) is 9.97. The van der Waals surface area contributed by atoms with Gasteiger partial charge in [0.2, 0.25) is 5.91 Å². The van der Waals surface area contributed by atoms with Gasteiger partial charge in [-0.2, -0.15) is 0 Å². The van der Waals surface area contributed by atoms with Crippen molar-refractivity contribution in [1.82, 2.24) is 10.2 Å². The van der Waals surface area contributed by atoms with Gasteiger partial charge in [0.1, 0.15) is 12.3 Å². The highest BCUT2D eigenvalue weighted by Crippen LogP contribution is 2.33. The van der Waals surface area contributed by atoms with Crippen molar-refractivity contribution in [2.75, 3.05) is 44.3 Å². The number of nitrogens with one attached hydrogen (secondary N) is 1. The molecule has 1 N–H and O–H groups in total. The summed E-state index contributed by atoms with van der Waals surface area (Å²) < 4.78 is 11.1. The molecule has 2 amide bonds. The van der Waals surface area contributed by atoms with Gasteiger partial charge in [-0.3, -0.25) is 19.4 Å². The normalized spacial score (nSPS) is 20.9. The van der Waals surface area contributed by atoms with E-state index >= 15 is 0 Å². The van der Waals surface area contributed by atoms with Crippen LogP contribution < -0.4 is 15.0 Å². The summed E-state index contributed by atoms with van der Waals surface area (Å²) in [5, 5.41) is 3.09. The first kappa shape index (κ1) is 21.6. The van der Waals surface area contributed by atoms with Crippen LogP contribution in [-0.2, 0) is 14.3 Å². The number of carbonyl (C=O) groups excluding carboxylic acids is 2. The number of benzene rings is 1. The summed E-state index contributed by atoms with van der Waals surface area (Å²) in [6, 6.07) is 7.63. The number of hydrogen-bond acceptors (Lipinski definition) is 5. The van der Waals surface area contributed by atoms with Crippen molar-refractivity contribution in [2.24, 2.45) is 5.92 Å². The van der Waals surface area contributed by atoms with Crippen LogP contribution in [0.2, 0.25) is 0 Å². The molecule has 1 fully saturated rings. The predicted octanol–water partition coefficient (Wildman–Crippen LogP) is 2.05. The number of nitrogens with zero attached hydrogens (tertiary/aromatic N) is 2. The molecule has 3 rings (SSSR count). The number of morpholine rings is 1. The topological polar surface area (TPSA) is 71.1 Å². The molecule has 2 aliphatic heterocycles. The molecule has 1 aromatic carbocycles. The van der Waals surface area contributed by atoms with Gasteiger partial charge in [0.15, 0.2) is 6.10 Å². The molecule has 160 valence electrons. The lowest BCUT2D eigenvalue weighted by molar-refractivity contribution is -0.128. The lowest BCUT2D eigenvalue weighted by atomic mass is 9.92. The Hall–Kier alpha value is -2.12. The SMILES string of the molecule is CCC(CC)C(CNC(=O)CN1C(=O)C(C)Oc2ccccc21)N1CCOCC1. The van der Waals surface area contributed by atoms with Gasteiger partial charge < -0.3 is 14.8 Å². The first-order chi connectivity index (χ1) is 14.0. The third-order valence-electron chi connectivity index (χ3n) is 5.99. The largest absolute Gasteiger partial charge is 0.479 e. The van der Waals surface area contributed by atoms with Crippen molar-refractivity contribution in [1.29, 1.82) is 0 Å². The highest BCUT2D eigenvalue weighted by Gasteiger charge is 2.33. The monoisotopic (exact) mass is 403 g/mol. The Balaban J connectivity index is 1.65. The van der Waals surface area contributed by atoms with E-state index in [0.29, 0.717) is 23.9 Å². The van der Waals surface area contributed by atoms with Crippen molar-refractivity contribution >= 4 is 17.5 Å². The molecule has 0 radical (unpaired) electrons. The summed E-state index contributed by atoms with van der Waals surface area (Å²) in [5.74, 6) is 0.810. The highest BCUT2D eigenvalue weighted by molar-refractivity contribution is 6.03. The molecule has 0 aromatic heterocycles. The smallest absolute Gasteiger partial charge is 0.268 e. The fourth-order valence-electron chi connectivity index (χ4n) is 4.28. The zero-order valence-electron chi connectivity index (χ0n) is 17.7. The van der Waals surface area contributed by atoms with Crippen LogP contribution in [-0.4, -0.2) is 68.3 Å². The minimum atomic E-state index is -0.594. The lowest BCUT2D eigenvalue weighted by Gasteiger charge is -2.39. The minimum absolute atomic E-state index is 0.00228. The van der Waals surface area contributed by atoms with Gasteiger partial charge in [-0.05, 0) is 25.0 Å². The third-order valence-corrected chi connectivity index (χ3v) is 5.99. The van der Waals surface area contributed by atoms with Crippen LogP contribution in [0, 0.1) is 5.92 Å². The summed E-state index contributed by atoms with van der Waals surface area (Å²) in [5.41, 5.74) is 0.649. The number of hydrogen-bond donors (Lipinski definition) is 1. The van der Waals surface area contributed by atoms with Crippen molar-refractivity contribution in [3.8, 4) is 5.75 Å². The molecule has 7 nitrogen and oxygen atoms in total. The van der Waals surface area contributed by atoms with Crippen molar-refractivity contribution in [3.63, 3.8) is 0 Å². The number of ether oxygens (including phenoxy) is 2. The zero-order chi connectivity index (χ0) is 20.8. The third kappa shape index (κ3) is 5.08. The molecule has 1 saturated heterocycles. The van der Waals surface area contributed by atoms with Gasteiger partial charge in [0.05, 0.1) is 18.9 Å². The second kappa shape index (κ2) is 10.1. The molecule has 2 unspecified atom stereocenters. The van der Waals surface area contributed by atoms with Gasteiger partial charge >= 0.3 is 0 Å². The molecule has 7 heteroatoms.